The summed E-state index contributed by atoms with van der Waals surface area (Å²) in [6.45, 7) is 2.71. The Labute approximate surface area is 168 Å². The maximum Gasteiger partial charge on any atom is 0.238 e. The second-order valence-corrected chi connectivity index (χ2v) is 8.45. The predicted molar refractivity (Wildman–Crippen MR) is 111 cm³/mol. The largest absolute Gasteiger partial charge is 0.495 e. The first-order valence-corrected chi connectivity index (χ1v) is 10.5. The summed E-state index contributed by atoms with van der Waals surface area (Å²) >= 11 is 1.83. The zero-order chi connectivity index (χ0) is 19.7. The van der Waals surface area contributed by atoms with Gasteiger partial charge < -0.3 is 15.4 Å². The molecule has 1 aromatic carbocycles. The number of anilines is 2. The molecule has 1 aliphatic heterocycles. The molecule has 1 aromatic heterocycles. The third-order valence-electron chi connectivity index (χ3n) is 5.33. The van der Waals surface area contributed by atoms with Crippen molar-refractivity contribution >= 4 is 34.5 Å². The zero-order valence-corrected chi connectivity index (χ0v) is 17.0. The van der Waals surface area contributed by atoms with Gasteiger partial charge in [0, 0.05) is 30.1 Å². The number of hydrogen-bond acceptors (Lipinski definition) is 5. The number of carbonyl (C=O) groups is 2. The number of hydrogen-bond donors (Lipinski definition) is 2. The van der Waals surface area contributed by atoms with Crippen LogP contribution in [0.1, 0.15) is 36.2 Å². The van der Waals surface area contributed by atoms with Crippen molar-refractivity contribution in [3.8, 4) is 5.75 Å². The molecule has 1 fully saturated rings. The molecule has 1 saturated carbocycles. The van der Waals surface area contributed by atoms with Gasteiger partial charge in [-0.1, -0.05) is 0 Å². The van der Waals surface area contributed by atoms with Crippen molar-refractivity contribution in [2.45, 2.75) is 32.2 Å². The highest BCUT2D eigenvalue weighted by molar-refractivity contribution is 7.10. The normalized spacial score (nSPS) is 19.0. The van der Waals surface area contributed by atoms with Crippen LogP contribution in [0.3, 0.4) is 0 Å². The van der Waals surface area contributed by atoms with Gasteiger partial charge in [-0.05, 0) is 60.4 Å². The fourth-order valence-electron chi connectivity index (χ4n) is 4.00. The molecule has 0 radical (unpaired) electrons. The highest BCUT2D eigenvalue weighted by Crippen LogP contribution is 2.48. The highest BCUT2D eigenvalue weighted by atomic mass is 32.1. The highest BCUT2D eigenvalue weighted by Gasteiger charge is 2.40. The van der Waals surface area contributed by atoms with Crippen LogP contribution in [0.15, 0.2) is 29.6 Å². The summed E-state index contributed by atoms with van der Waals surface area (Å²) in [5.74, 6) is 1.01. The molecule has 0 unspecified atom stereocenters. The van der Waals surface area contributed by atoms with E-state index in [1.54, 1.807) is 25.3 Å². The van der Waals surface area contributed by atoms with Crippen LogP contribution >= 0.6 is 11.3 Å². The number of methoxy groups -OCH3 is 1. The Morgan fingerprint density at radius 2 is 2.07 bits per heavy atom. The smallest absolute Gasteiger partial charge is 0.238 e. The van der Waals surface area contributed by atoms with Crippen molar-refractivity contribution in [3.05, 3.63) is 40.1 Å². The molecular weight excluding hydrogens is 374 g/mol. The number of ether oxygens (including phenoxy) is 1. The van der Waals surface area contributed by atoms with Gasteiger partial charge in [-0.3, -0.25) is 14.5 Å². The first-order chi connectivity index (χ1) is 13.5. The second kappa shape index (κ2) is 7.93. The van der Waals surface area contributed by atoms with E-state index < -0.39 is 0 Å². The van der Waals surface area contributed by atoms with Crippen LogP contribution in [-0.2, 0) is 16.0 Å². The minimum absolute atomic E-state index is 0.0670. The number of benzene rings is 1. The minimum atomic E-state index is -0.158. The molecule has 1 aliphatic carbocycles. The number of carbonyl (C=O) groups excluding carboxylic acids is 2. The molecule has 2 heterocycles. The standard InChI is InChI=1S/C21H25N3O3S/c1-13(25)22-15-5-6-18(27-2)17(11-15)23-20(26)12-24-9-7-19-16(8-10-28-19)21(24)14-3-4-14/h5-6,8,10-11,14,21H,3-4,7,9,12H2,1-2H3,(H,22,25)(H,23,26)/t21-/m1/s1. The van der Waals surface area contributed by atoms with Gasteiger partial charge in [0.1, 0.15) is 5.75 Å². The lowest BCUT2D eigenvalue weighted by atomic mass is 9.96. The lowest BCUT2D eigenvalue weighted by molar-refractivity contribution is -0.118. The number of rotatable bonds is 6. The third-order valence-corrected chi connectivity index (χ3v) is 6.32. The van der Waals surface area contributed by atoms with E-state index in [-0.39, 0.29) is 11.8 Å². The van der Waals surface area contributed by atoms with Gasteiger partial charge in [-0.2, -0.15) is 0 Å². The van der Waals surface area contributed by atoms with E-state index >= 15 is 0 Å². The van der Waals surface area contributed by atoms with E-state index in [0.29, 0.717) is 35.6 Å². The molecule has 2 amide bonds. The van der Waals surface area contributed by atoms with Crippen LogP contribution in [0.25, 0.3) is 0 Å². The maximum absolute atomic E-state index is 12.8. The molecule has 28 heavy (non-hydrogen) atoms. The molecule has 0 saturated heterocycles. The molecule has 2 aromatic rings. The molecule has 7 heteroatoms. The lowest BCUT2D eigenvalue weighted by Crippen LogP contribution is -2.41. The Hall–Kier alpha value is -2.38. The van der Waals surface area contributed by atoms with E-state index in [4.69, 9.17) is 4.74 Å². The molecular formula is C21H25N3O3S. The number of thiophene rings is 1. The van der Waals surface area contributed by atoms with Crippen molar-refractivity contribution in [1.29, 1.82) is 0 Å². The Morgan fingerprint density at radius 3 is 2.79 bits per heavy atom. The Bertz CT molecular complexity index is 891. The fourth-order valence-corrected chi connectivity index (χ4v) is 4.91. The summed E-state index contributed by atoms with van der Waals surface area (Å²) in [7, 11) is 1.56. The van der Waals surface area contributed by atoms with Gasteiger partial charge in [0.15, 0.2) is 0 Å². The predicted octanol–water partition coefficient (Wildman–Crippen LogP) is 3.66. The van der Waals surface area contributed by atoms with Crippen molar-refractivity contribution in [3.63, 3.8) is 0 Å². The summed E-state index contributed by atoms with van der Waals surface area (Å²) in [5, 5.41) is 7.87. The Kier molecular flexibility index (Phi) is 5.37. The summed E-state index contributed by atoms with van der Waals surface area (Å²) < 4.78 is 5.36. The molecule has 0 spiro atoms. The Morgan fingerprint density at radius 1 is 1.25 bits per heavy atom. The molecule has 2 N–H and O–H groups in total. The number of nitrogens with one attached hydrogen (secondary N) is 2. The summed E-state index contributed by atoms with van der Waals surface area (Å²) in [6.07, 6.45) is 3.49. The topological polar surface area (TPSA) is 70.7 Å². The van der Waals surface area contributed by atoms with Crippen LogP contribution in [0.4, 0.5) is 11.4 Å². The van der Waals surface area contributed by atoms with Crippen molar-refractivity contribution < 1.29 is 14.3 Å². The van der Waals surface area contributed by atoms with Crippen molar-refractivity contribution in [2.24, 2.45) is 5.92 Å². The van der Waals surface area contributed by atoms with Crippen molar-refractivity contribution in [1.82, 2.24) is 4.90 Å². The van der Waals surface area contributed by atoms with E-state index in [9.17, 15) is 9.59 Å². The average molecular weight is 400 g/mol. The molecule has 4 rings (SSSR count). The lowest BCUT2D eigenvalue weighted by Gasteiger charge is -2.35. The van der Waals surface area contributed by atoms with E-state index in [2.05, 4.69) is 27.0 Å². The zero-order valence-electron chi connectivity index (χ0n) is 16.2. The van der Waals surface area contributed by atoms with E-state index in [1.165, 1.54) is 30.2 Å². The van der Waals surface area contributed by atoms with Crippen molar-refractivity contribution in [2.75, 3.05) is 30.8 Å². The third kappa shape index (κ3) is 4.05. The molecule has 0 bridgehead atoms. The maximum atomic E-state index is 12.8. The summed E-state index contributed by atoms with van der Waals surface area (Å²) in [5.41, 5.74) is 2.60. The van der Waals surface area contributed by atoms with E-state index in [1.807, 2.05) is 11.3 Å². The van der Waals surface area contributed by atoms with E-state index in [0.717, 1.165) is 13.0 Å². The number of nitrogens with zero attached hydrogens (tertiary/aromatic N) is 1. The summed E-state index contributed by atoms with van der Waals surface area (Å²) in [6, 6.07) is 7.80. The van der Waals surface area contributed by atoms with Crippen LogP contribution in [-0.4, -0.2) is 36.9 Å². The summed E-state index contributed by atoms with van der Waals surface area (Å²) in [4.78, 5) is 27.9. The first kappa shape index (κ1) is 19.0. The van der Waals surface area contributed by atoms with Crippen LogP contribution in [0, 0.1) is 5.92 Å². The van der Waals surface area contributed by atoms with Gasteiger partial charge in [-0.25, -0.2) is 0 Å². The van der Waals surface area contributed by atoms with Crippen LogP contribution < -0.4 is 15.4 Å². The Balaban J connectivity index is 1.48. The van der Waals surface area contributed by atoms with Gasteiger partial charge in [0.25, 0.3) is 0 Å². The minimum Gasteiger partial charge on any atom is -0.495 e. The monoisotopic (exact) mass is 399 g/mol. The average Bonchev–Trinajstić information content (AvgIpc) is 3.37. The van der Waals surface area contributed by atoms with Crippen LogP contribution in [0.2, 0.25) is 0 Å². The number of fused-ring (bicyclic) bond motifs is 1. The molecule has 2 aliphatic rings. The second-order valence-electron chi connectivity index (χ2n) is 7.45. The first-order valence-electron chi connectivity index (χ1n) is 9.61. The van der Waals surface area contributed by atoms with Gasteiger partial charge in [0.05, 0.1) is 19.3 Å². The fraction of sp³-hybridized carbons (Fsp3) is 0.429. The SMILES string of the molecule is COc1ccc(NC(C)=O)cc1NC(=O)CN1CCc2sccc2[C@H]1C1CC1. The number of amides is 2. The molecule has 1 atom stereocenters. The molecule has 148 valence electrons. The molecule has 6 nitrogen and oxygen atoms in total. The van der Waals surface area contributed by atoms with Crippen LogP contribution in [0.5, 0.6) is 5.75 Å². The van der Waals surface area contributed by atoms with Gasteiger partial charge in [0.2, 0.25) is 11.8 Å². The quantitative estimate of drug-likeness (QED) is 0.778. The van der Waals surface area contributed by atoms with Gasteiger partial charge >= 0.3 is 0 Å². The van der Waals surface area contributed by atoms with Gasteiger partial charge in [-0.15, -0.1) is 11.3 Å².